The summed E-state index contributed by atoms with van der Waals surface area (Å²) in [5, 5.41) is 11.8. The molecule has 0 unspecified atom stereocenters. The highest BCUT2D eigenvalue weighted by Gasteiger charge is 2.22. The van der Waals surface area contributed by atoms with E-state index >= 15 is 0 Å². The van der Waals surface area contributed by atoms with Crippen LogP contribution in [-0.2, 0) is 14.8 Å². The van der Waals surface area contributed by atoms with Gasteiger partial charge in [0.2, 0.25) is 10.0 Å². The monoisotopic (exact) mass is 421 g/mol. The summed E-state index contributed by atoms with van der Waals surface area (Å²) in [5.41, 5.74) is 0.470. The molecular weight excluding hydrogens is 402 g/mol. The number of rotatable bonds is 8. The van der Waals surface area contributed by atoms with Gasteiger partial charge < -0.3 is 10.1 Å². The summed E-state index contributed by atoms with van der Waals surface area (Å²) in [4.78, 5) is 12.2. The Hall–Kier alpha value is -2.60. The molecule has 0 saturated heterocycles. The largest absolute Gasteiger partial charge is 0.482 e. The Morgan fingerprint density at radius 3 is 2.54 bits per heavy atom. The summed E-state index contributed by atoms with van der Waals surface area (Å²) >= 11 is 6.10. The molecule has 0 atom stereocenters. The van der Waals surface area contributed by atoms with Crippen LogP contribution < -0.4 is 10.1 Å². The van der Waals surface area contributed by atoms with Crippen LogP contribution in [0.4, 0.5) is 5.69 Å². The average molecular weight is 422 g/mol. The van der Waals surface area contributed by atoms with Gasteiger partial charge in [0.05, 0.1) is 21.2 Å². The number of halogens is 1. The van der Waals surface area contributed by atoms with Crippen LogP contribution in [0.25, 0.3) is 0 Å². The second-order valence-corrected chi connectivity index (χ2v) is 8.02. The molecule has 0 aliphatic carbocycles. The zero-order chi connectivity index (χ0) is 20.7. The van der Waals surface area contributed by atoms with E-state index in [1.165, 1.54) is 22.5 Å². The Bertz CT molecular complexity index is 998. The fourth-order valence-electron chi connectivity index (χ4n) is 2.49. The summed E-state index contributed by atoms with van der Waals surface area (Å²) in [6, 6.07) is 12.6. The van der Waals surface area contributed by atoms with Gasteiger partial charge in [0, 0.05) is 13.1 Å². The van der Waals surface area contributed by atoms with Crippen LogP contribution in [0.1, 0.15) is 19.4 Å². The molecule has 7 nitrogen and oxygen atoms in total. The van der Waals surface area contributed by atoms with E-state index in [1.807, 2.05) is 6.07 Å². The summed E-state index contributed by atoms with van der Waals surface area (Å²) in [6.07, 6.45) is 0. The highest BCUT2D eigenvalue weighted by Crippen LogP contribution is 2.27. The zero-order valence-electron chi connectivity index (χ0n) is 15.5. The van der Waals surface area contributed by atoms with E-state index < -0.39 is 15.9 Å². The first-order chi connectivity index (χ1) is 13.3. The minimum absolute atomic E-state index is 0.0339. The third-order valence-electron chi connectivity index (χ3n) is 3.92. The second kappa shape index (κ2) is 9.55. The number of hydrogen-bond acceptors (Lipinski definition) is 5. The van der Waals surface area contributed by atoms with Crippen molar-refractivity contribution < 1.29 is 17.9 Å². The van der Waals surface area contributed by atoms with E-state index in [4.69, 9.17) is 21.6 Å². The number of hydrogen-bond donors (Lipinski definition) is 1. The minimum atomic E-state index is -3.68. The van der Waals surface area contributed by atoms with E-state index in [1.54, 1.807) is 38.1 Å². The fraction of sp³-hybridized carbons (Fsp3) is 0.263. The molecular formula is C19H20ClN3O4S. The summed E-state index contributed by atoms with van der Waals surface area (Å²) in [7, 11) is -3.68. The summed E-state index contributed by atoms with van der Waals surface area (Å²) in [5.74, 6) is -0.254. The van der Waals surface area contributed by atoms with Gasteiger partial charge in [-0.3, -0.25) is 4.79 Å². The number of para-hydroxylation sites is 1. The first-order valence-corrected chi connectivity index (χ1v) is 10.4. The number of sulfonamides is 1. The standard InChI is InChI=1S/C19H20ClN3O4S/c1-3-23(4-2)28(25,26)15-9-10-16(20)17(11-15)22-19(24)13-27-18-8-6-5-7-14(18)12-21/h5-11H,3-4,13H2,1-2H3,(H,22,24). The number of anilines is 1. The van der Waals surface area contributed by atoms with Crippen molar-refractivity contribution in [1.82, 2.24) is 4.31 Å². The minimum Gasteiger partial charge on any atom is -0.482 e. The maximum absolute atomic E-state index is 12.6. The Kier molecular flexibility index (Phi) is 7.40. The number of benzene rings is 2. The lowest BCUT2D eigenvalue weighted by Crippen LogP contribution is -2.30. The normalized spacial score (nSPS) is 11.1. The van der Waals surface area contributed by atoms with Gasteiger partial charge in [0.1, 0.15) is 11.8 Å². The van der Waals surface area contributed by atoms with Crippen molar-refractivity contribution in [2.45, 2.75) is 18.7 Å². The predicted octanol–water partition coefficient (Wildman–Crippen LogP) is 3.26. The van der Waals surface area contributed by atoms with Crippen LogP contribution in [0.15, 0.2) is 47.4 Å². The molecule has 0 radical (unpaired) electrons. The highest BCUT2D eigenvalue weighted by molar-refractivity contribution is 7.89. The molecule has 0 bridgehead atoms. The van der Waals surface area contributed by atoms with Gasteiger partial charge in [-0.15, -0.1) is 0 Å². The molecule has 0 aromatic heterocycles. The van der Waals surface area contributed by atoms with Crippen molar-refractivity contribution in [3.63, 3.8) is 0 Å². The number of carbonyl (C=O) groups is 1. The third-order valence-corrected chi connectivity index (χ3v) is 6.30. The molecule has 0 aliphatic rings. The quantitative estimate of drug-likeness (QED) is 0.705. The van der Waals surface area contributed by atoms with Gasteiger partial charge in [-0.05, 0) is 30.3 Å². The van der Waals surface area contributed by atoms with Crippen molar-refractivity contribution in [3.8, 4) is 11.8 Å². The molecule has 1 N–H and O–H groups in total. The number of amides is 1. The molecule has 0 saturated carbocycles. The van der Waals surface area contributed by atoms with Crippen molar-refractivity contribution in [2.24, 2.45) is 0 Å². The Morgan fingerprint density at radius 2 is 1.89 bits per heavy atom. The van der Waals surface area contributed by atoms with E-state index in [0.29, 0.717) is 18.7 Å². The SMILES string of the molecule is CCN(CC)S(=O)(=O)c1ccc(Cl)c(NC(=O)COc2ccccc2C#N)c1. The van der Waals surface area contributed by atoms with E-state index in [9.17, 15) is 13.2 Å². The van der Waals surface area contributed by atoms with Gasteiger partial charge >= 0.3 is 0 Å². The number of nitrogens with one attached hydrogen (secondary N) is 1. The van der Waals surface area contributed by atoms with Gasteiger partial charge in [-0.1, -0.05) is 37.6 Å². The molecule has 0 aliphatic heterocycles. The van der Waals surface area contributed by atoms with Crippen molar-refractivity contribution >= 4 is 33.2 Å². The van der Waals surface area contributed by atoms with Crippen LogP contribution in [0, 0.1) is 11.3 Å². The van der Waals surface area contributed by atoms with Gasteiger partial charge in [0.15, 0.2) is 6.61 Å². The average Bonchev–Trinajstić information content (AvgIpc) is 2.68. The third kappa shape index (κ3) is 5.01. The molecule has 2 aromatic carbocycles. The highest BCUT2D eigenvalue weighted by atomic mass is 35.5. The molecule has 2 aromatic rings. The summed E-state index contributed by atoms with van der Waals surface area (Å²) < 4.78 is 32.0. The maximum Gasteiger partial charge on any atom is 0.262 e. The predicted molar refractivity (Wildman–Crippen MR) is 107 cm³/mol. The van der Waals surface area contributed by atoms with Crippen LogP contribution in [0.5, 0.6) is 5.75 Å². The molecule has 2 rings (SSSR count). The molecule has 9 heteroatoms. The molecule has 148 valence electrons. The maximum atomic E-state index is 12.6. The Morgan fingerprint density at radius 1 is 1.21 bits per heavy atom. The van der Waals surface area contributed by atoms with Crippen molar-refractivity contribution in [3.05, 3.63) is 53.1 Å². The molecule has 28 heavy (non-hydrogen) atoms. The first-order valence-electron chi connectivity index (χ1n) is 8.55. The smallest absolute Gasteiger partial charge is 0.262 e. The fourth-order valence-corrected chi connectivity index (χ4v) is 4.14. The Labute approximate surface area is 169 Å². The molecule has 1 amide bonds. The van der Waals surface area contributed by atoms with Crippen molar-refractivity contribution in [2.75, 3.05) is 25.0 Å². The number of nitrogens with zero attached hydrogens (tertiary/aromatic N) is 2. The second-order valence-electron chi connectivity index (χ2n) is 5.68. The number of carbonyl (C=O) groups excluding carboxylic acids is 1. The molecule has 0 fully saturated rings. The van der Waals surface area contributed by atoms with Crippen LogP contribution in [-0.4, -0.2) is 38.3 Å². The number of nitriles is 1. The van der Waals surface area contributed by atoms with E-state index in [2.05, 4.69) is 5.32 Å². The van der Waals surface area contributed by atoms with E-state index in [-0.39, 0.29) is 28.0 Å². The lowest BCUT2D eigenvalue weighted by atomic mass is 10.2. The lowest BCUT2D eigenvalue weighted by molar-refractivity contribution is -0.118. The first kappa shape index (κ1) is 21.7. The topological polar surface area (TPSA) is 99.5 Å². The van der Waals surface area contributed by atoms with Gasteiger partial charge in [-0.25, -0.2) is 8.42 Å². The van der Waals surface area contributed by atoms with Crippen LogP contribution in [0.2, 0.25) is 5.02 Å². The van der Waals surface area contributed by atoms with E-state index in [0.717, 1.165) is 0 Å². The molecule has 0 heterocycles. The van der Waals surface area contributed by atoms with Crippen molar-refractivity contribution in [1.29, 1.82) is 5.26 Å². The van der Waals surface area contributed by atoms with Crippen LogP contribution in [0.3, 0.4) is 0 Å². The summed E-state index contributed by atoms with van der Waals surface area (Å²) in [6.45, 7) is 3.79. The molecule has 0 spiro atoms. The van der Waals surface area contributed by atoms with Gasteiger partial charge in [0.25, 0.3) is 5.91 Å². The number of ether oxygens (including phenoxy) is 1. The lowest BCUT2D eigenvalue weighted by Gasteiger charge is -2.19. The zero-order valence-corrected chi connectivity index (χ0v) is 17.0. The van der Waals surface area contributed by atoms with Crippen LogP contribution >= 0.6 is 11.6 Å². The Balaban J connectivity index is 2.15. The van der Waals surface area contributed by atoms with Gasteiger partial charge in [-0.2, -0.15) is 9.57 Å².